The van der Waals surface area contributed by atoms with Gasteiger partial charge in [-0.2, -0.15) is 0 Å². The van der Waals surface area contributed by atoms with Crippen molar-refractivity contribution in [2.24, 2.45) is 0 Å². The Bertz CT molecular complexity index is 367. The van der Waals surface area contributed by atoms with E-state index in [1.54, 1.807) is 24.3 Å². The predicted molar refractivity (Wildman–Crippen MR) is 58.5 cm³/mol. The second-order valence-corrected chi connectivity index (χ2v) is 3.42. The third-order valence-corrected chi connectivity index (χ3v) is 2.28. The Morgan fingerprint density at radius 3 is 2.62 bits per heavy atom. The fourth-order valence-electron chi connectivity index (χ4n) is 1.35. The van der Waals surface area contributed by atoms with Gasteiger partial charge in [0, 0.05) is 11.3 Å². The van der Waals surface area contributed by atoms with Crippen molar-refractivity contribution in [2.75, 3.05) is 12.8 Å². The van der Waals surface area contributed by atoms with E-state index in [1.807, 2.05) is 0 Å². The summed E-state index contributed by atoms with van der Waals surface area (Å²) in [5.41, 5.74) is 6.41. The Hall–Kier alpha value is -1.59. The van der Waals surface area contributed by atoms with Gasteiger partial charge in [0.1, 0.15) is 6.10 Å². The Balaban J connectivity index is 2.74. The maximum Gasteiger partial charge on any atom is 0.308 e. The first-order valence-electron chi connectivity index (χ1n) is 4.83. The number of aliphatic hydroxyl groups is 2. The molecular weight excluding hydrogens is 210 g/mol. The fourth-order valence-corrected chi connectivity index (χ4v) is 1.35. The lowest BCUT2D eigenvalue weighted by Crippen LogP contribution is -2.23. The molecule has 16 heavy (non-hydrogen) atoms. The zero-order chi connectivity index (χ0) is 12.1. The first kappa shape index (κ1) is 12.5. The van der Waals surface area contributed by atoms with Crippen LogP contribution in [0.25, 0.3) is 0 Å². The van der Waals surface area contributed by atoms with Gasteiger partial charge in [0.2, 0.25) is 0 Å². The van der Waals surface area contributed by atoms with Crippen LogP contribution in [0.4, 0.5) is 5.69 Å². The van der Waals surface area contributed by atoms with Gasteiger partial charge in [0.25, 0.3) is 0 Å². The van der Waals surface area contributed by atoms with E-state index in [2.05, 4.69) is 4.74 Å². The van der Waals surface area contributed by atoms with Gasteiger partial charge in [-0.05, 0) is 6.07 Å². The maximum absolute atomic E-state index is 10.9. The highest BCUT2D eigenvalue weighted by Gasteiger charge is 2.23. The number of anilines is 1. The van der Waals surface area contributed by atoms with Crippen molar-refractivity contribution in [2.45, 2.75) is 18.6 Å². The number of ether oxygens (including phenoxy) is 1. The highest BCUT2D eigenvalue weighted by Crippen LogP contribution is 2.24. The van der Waals surface area contributed by atoms with E-state index >= 15 is 0 Å². The van der Waals surface area contributed by atoms with E-state index in [0.717, 1.165) is 0 Å². The lowest BCUT2D eigenvalue weighted by atomic mass is 10.0. The minimum Gasteiger partial charge on any atom is -0.469 e. The van der Waals surface area contributed by atoms with E-state index in [0.29, 0.717) is 11.3 Å². The summed E-state index contributed by atoms with van der Waals surface area (Å²) in [6, 6.07) is 6.63. The van der Waals surface area contributed by atoms with E-state index < -0.39 is 18.2 Å². The van der Waals surface area contributed by atoms with Gasteiger partial charge >= 0.3 is 5.97 Å². The number of rotatable bonds is 4. The molecular formula is C11H15NO4. The number of aliphatic hydroxyl groups excluding tert-OH is 2. The van der Waals surface area contributed by atoms with Crippen LogP contribution in [0.15, 0.2) is 24.3 Å². The number of nitrogens with two attached hydrogens (primary N) is 1. The first-order chi connectivity index (χ1) is 7.56. The molecule has 0 radical (unpaired) electrons. The summed E-state index contributed by atoms with van der Waals surface area (Å²) in [5.74, 6) is -0.582. The zero-order valence-electron chi connectivity index (χ0n) is 8.96. The highest BCUT2D eigenvalue weighted by atomic mass is 16.5. The Morgan fingerprint density at radius 2 is 2.06 bits per heavy atom. The van der Waals surface area contributed by atoms with Gasteiger partial charge in [0.05, 0.1) is 19.6 Å². The third kappa shape index (κ3) is 2.95. The average molecular weight is 225 g/mol. The molecule has 2 atom stereocenters. The van der Waals surface area contributed by atoms with E-state index in [1.165, 1.54) is 7.11 Å². The molecule has 0 aromatic heterocycles. The monoisotopic (exact) mass is 225 g/mol. The van der Waals surface area contributed by atoms with Gasteiger partial charge in [-0.1, -0.05) is 18.2 Å². The van der Waals surface area contributed by atoms with Crippen LogP contribution < -0.4 is 5.73 Å². The van der Waals surface area contributed by atoms with E-state index in [9.17, 15) is 15.0 Å². The first-order valence-corrected chi connectivity index (χ1v) is 4.83. The van der Waals surface area contributed by atoms with Crippen LogP contribution >= 0.6 is 0 Å². The summed E-state index contributed by atoms with van der Waals surface area (Å²) in [4.78, 5) is 10.9. The Labute approximate surface area is 93.5 Å². The van der Waals surface area contributed by atoms with Crippen molar-refractivity contribution in [1.29, 1.82) is 0 Å². The Kier molecular flexibility index (Phi) is 4.28. The SMILES string of the molecule is COC(=O)CC(O)C(O)c1ccccc1N. The largest absolute Gasteiger partial charge is 0.469 e. The standard InChI is InChI=1S/C11H15NO4/c1-16-10(14)6-9(13)11(15)7-4-2-3-5-8(7)12/h2-5,9,11,13,15H,6,12H2,1H3. The van der Waals surface area contributed by atoms with Crippen molar-refractivity contribution in [3.05, 3.63) is 29.8 Å². The second kappa shape index (κ2) is 5.48. The van der Waals surface area contributed by atoms with Gasteiger partial charge < -0.3 is 20.7 Å². The van der Waals surface area contributed by atoms with Crippen molar-refractivity contribution in [1.82, 2.24) is 0 Å². The van der Waals surface area contributed by atoms with Crippen LogP contribution in [-0.2, 0) is 9.53 Å². The van der Waals surface area contributed by atoms with Crippen LogP contribution in [0.1, 0.15) is 18.1 Å². The summed E-state index contributed by atoms with van der Waals surface area (Å²) in [7, 11) is 1.22. The molecule has 0 aliphatic carbocycles. The number of carbonyl (C=O) groups is 1. The molecule has 0 fully saturated rings. The fraction of sp³-hybridized carbons (Fsp3) is 0.364. The molecule has 5 heteroatoms. The molecule has 88 valence electrons. The molecule has 0 bridgehead atoms. The summed E-state index contributed by atoms with van der Waals surface area (Å²) < 4.78 is 4.40. The lowest BCUT2D eigenvalue weighted by molar-refractivity contribution is -0.144. The van der Waals surface area contributed by atoms with Crippen LogP contribution in [0.3, 0.4) is 0 Å². The smallest absolute Gasteiger partial charge is 0.308 e. The molecule has 0 aliphatic heterocycles. The van der Waals surface area contributed by atoms with Crippen molar-refractivity contribution < 1.29 is 19.7 Å². The summed E-state index contributed by atoms with van der Waals surface area (Å²) in [5, 5.41) is 19.4. The van der Waals surface area contributed by atoms with Crippen LogP contribution in [0.5, 0.6) is 0 Å². The van der Waals surface area contributed by atoms with Gasteiger partial charge in [0.15, 0.2) is 0 Å². The average Bonchev–Trinajstić information content (AvgIpc) is 2.28. The second-order valence-electron chi connectivity index (χ2n) is 3.42. The summed E-state index contributed by atoms with van der Waals surface area (Å²) >= 11 is 0. The molecule has 1 rings (SSSR count). The Morgan fingerprint density at radius 1 is 1.44 bits per heavy atom. The van der Waals surface area contributed by atoms with Crippen LogP contribution in [-0.4, -0.2) is 29.4 Å². The topological polar surface area (TPSA) is 92.8 Å². The van der Waals surface area contributed by atoms with Crippen molar-refractivity contribution >= 4 is 11.7 Å². The number of hydrogen-bond donors (Lipinski definition) is 3. The zero-order valence-corrected chi connectivity index (χ0v) is 8.96. The number of carbonyl (C=O) groups excluding carboxylic acids is 1. The maximum atomic E-state index is 10.9. The lowest BCUT2D eigenvalue weighted by Gasteiger charge is -2.18. The third-order valence-electron chi connectivity index (χ3n) is 2.28. The van der Waals surface area contributed by atoms with Gasteiger partial charge in [-0.15, -0.1) is 0 Å². The molecule has 1 aromatic carbocycles. The molecule has 4 N–H and O–H groups in total. The molecule has 2 unspecified atom stereocenters. The van der Waals surface area contributed by atoms with Crippen molar-refractivity contribution in [3.8, 4) is 0 Å². The highest BCUT2D eigenvalue weighted by molar-refractivity contribution is 5.70. The molecule has 5 nitrogen and oxygen atoms in total. The number of methoxy groups -OCH3 is 1. The summed E-state index contributed by atoms with van der Waals surface area (Å²) in [6.45, 7) is 0. The van der Waals surface area contributed by atoms with E-state index in [-0.39, 0.29) is 6.42 Å². The number of para-hydroxylation sites is 1. The predicted octanol–water partition coefficient (Wildman–Crippen LogP) is 0.226. The summed E-state index contributed by atoms with van der Waals surface area (Å²) in [6.07, 6.45) is -2.69. The molecule has 0 heterocycles. The molecule has 0 saturated heterocycles. The molecule has 1 aromatic rings. The molecule has 0 saturated carbocycles. The van der Waals surface area contributed by atoms with Gasteiger partial charge in [-0.3, -0.25) is 4.79 Å². The van der Waals surface area contributed by atoms with E-state index in [4.69, 9.17) is 5.73 Å². The van der Waals surface area contributed by atoms with Crippen LogP contribution in [0.2, 0.25) is 0 Å². The van der Waals surface area contributed by atoms with Crippen molar-refractivity contribution in [3.63, 3.8) is 0 Å². The number of esters is 1. The minimum absolute atomic E-state index is 0.272. The van der Waals surface area contributed by atoms with Gasteiger partial charge in [-0.25, -0.2) is 0 Å². The molecule has 0 aliphatic rings. The number of hydrogen-bond acceptors (Lipinski definition) is 5. The number of benzene rings is 1. The van der Waals surface area contributed by atoms with Crippen LogP contribution in [0, 0.1) is 0 Å². The molecule has 0 amide bonds. The quantitative estimate of drug-likeness (QED) is 0.503. The number of nitrogen functional groups attached to an aromatic ring is 1. The normalized spacial score (nSPS) is 14.2. The molecule has 0 spiro atoms. The minimum atomic E-state index is -1.22.